The van der Waals surface area contributed by atoms with Crippen LogP contribution in [0.3, 0.4) is 0 Å². The molecule has 0 radical (unpaired) electrons. The van der Waals surface area contributed by atoms with E-state index in [-0.39, 0.29) is 0 Å². The molecule has 0 spiro atoms. The van der Waals surface area contributed by atoms with Gasteiger partial charge in [0.2, 0.25) is 0 Å². The third-order valence-corrected chi connectivity index (χ3v) is 3.84. The number of nitrogens with one attached hydrogen (secondary N) is 1. The van der Waals surface area contributed by atoms with Gasteiger partial charge in [0.15, 0.2) is 0 Å². The van der Waals surface area contributed by atoms with Crippen LogP contribution in [0.25, 0.3) is 0 Å². The summed E-state index contributed by atoms with van der Waals surface area (Å²) in [5, 5.41) is 3.32. The predicted molar refractivity (Wildman–Crippen MR) is 84.5 cm³/mol. The predicted octanol–water partition coefficient (Wildman–Crippen LogP) is 4.34. The fourth-order valence-electron chi connectivity index (χ4n) is 1.77. The Morgan fingerprint density at radius 2 is 1.84 bits per heavy atom. The van der Waals surface area contributed by atoms with Crippen molar-refractivity contribution in [1.29, 1.82) is 0 Å². The normalized spacial score (nSPS) is 10.4. The van der Waals surface area contributed by atoms with Gasteiger partial charge in [0.25, 0.3) is 0 Å². The molecule has 1 N–H and O–H groups in total. The second kappa shape index (κ2) is 7.85. The van der Waals surface area contributed by atoms with E-state index in [4.69, 9.17) is 0 Å². The topological polar surface area (TPSA) is 24.9 Å². The van der Waals surface area contributed by atoms with Crippen molar-refractivity contribution in [3.05, 3.63) is 59.8 Å². The summed E-state index contributed by atoms with van der Waals surface area (Å²) in [7, 11) is 0. The Morgan fingerprint density at radius 3 is 2.63 bits per heavy atom. The lowest BCUT2D eigenvalue weighted by molar-refractivity contribution is 0.968. The van der Waals surface area contributed by atoms with Crippen LogP contribution in [0, 0.1) is 0 Å². The van der Waals surface area contributed by atoms with Crippen molar-refractivity contribution in [2.45, 2.75) is 24.9 Å². The Kier molecular flexibility index (Phi) is 5.76. The van der Waals surface area contributed by atoms with Crippen molar-refractivity contribution in [2.24, 2.45) is 0 Å². The van der Waals surface area contributed by atoms with Crippen LogP contribution in [0.2, 0.25) is 0 Å². The SMILES string of the molecule is CCCNc1cc(CSCc2ccccc2)ccn1. The van der Waals surface area contributed by atoms with Crippen LogP contribution in [-0.2, 0) is 11.5 Å². The van der Waals surface area contributed by atoms with Gasteiger partial charge in [-0.3, -0.25) is 0 Å². The highest BCUT2D eigenvalue weighted by atomic mass is 32.2. The number of hydrogen-bond donors (Lipinski definition) is 1. The van der Waals surface area contributed by atoms with E-state index in [2.05, 4.69) is 59.7 Å². The second-order valence-corrected chi connectivity index (χ2v) is 5.44. The molecular formula is C16H20N2S. The molecule has 0 unspecified atom stereocenters. The standard InChI is InChI=1S/C16H20N2S/c1-2-9-17-16-11-15(8-10-18-16)13-19-12-14-6-4-3-5-7-14/h3-8,10-11H,2,9,12-13H2,1H3,(H,17,18). The minimum Gasteiger partial charge on any atom is -0.370 e. The van der Waals surface area contributed by atoms with E-state index >= 15 is 0 Å². The molecular weight excluding hydrogens is 252 g/mol. The van der Waals surface area contributed by atoms with Crippen LogP contribution in [0.15, 0.2) is 48.7 Å². The smallest absolute Gasteiger partial charge is 0.126 e. The maximum absolute atomic E-state index is 4.32. The minimum atomic E-state index is 0.980. The maximum atomic E-state index is 4.32. The van der Waals surface area contributed by atoms with Crippen molar-refractivity contribution in [2.75, 3.05) is 11.9 Å². The van der Waals surface area contributed by atoms with Crippen LogP contribution in [0.5, 0.6) is 0 Å². The summed E-state index contributed by atoms with van der Waals surface area (Å²) in [6.07, 6.45) is 3.01. The summed E-state index contributed by atoms with van der Waals surface area (Å²) in [6, 6.07) is 14.8. The number of aromatic nitrogens is 1. The average molecular weight is 272 g/mol. The molecule has 0 aliphatic heterocycles. The Bertz CT molecular complexity index is 485. The minimum absolute atomic E-state index is 0.980. The zero-order valence-electron chi connectivity index (χ0n) is 11.3. The van der Waals surface area contributed by atoms with Crippen molar-refractivity contribution in [3.63, 3.8) is 0 Å². The van der Waals surface area contributed by atoms with Gasteiger partial charge < -0.3 is 5.32 Å². The first-order valence-electron chi connectivity index (χ1n) is 6.69. The van der Waals surface area contributed by atoms with E-state index in [9.17, 15) is 0 Å². The average Bonchev–Trinajstić information content (AvgIpc) is 2.47. The van der Waals surface area contributed by atoms with Crippen LogP contribution in [0.4, 0.5) is 5.82 Å². The Morgan fingerprint density at radius 1 is 1.05 bits per heavy atom. The number of hydrogen-bond acceptors (Lipinski definition) is 3. The zero-order chi connectivity index (χ0) is 13.3. The summed E-state index contributed by atoms with van der Waals surface area (Å²) in [4.78, 5) is 4.32. The van der Waals surface area contributed by atoms with Crippen molar-refractivity contribution >= 4 is 17.6 Å². The van der Waals surface area contributed by atoms with Gasteiger partial charge in [-0.15, -0.1) is 0 Å². The second-order valence-electron chi connectivity index (χ2n) is 4.45. The maximum Gasteiger partial charge on any atom is 0.126 e. The van der Waals surface area contributed by atoms with Gasteiger partial charge in [-0.2, -0.15) is 11.8 Å². The molecule has 1 heterocycles. The number of anilines is 1. The molecule has 19 heavy (non-hydrogen) atoms. The zero-order valence-corrected chi connectivity index (χ0v) is 12.1. The molecule has 0 saturated heterocycles. The molecule has 1 aromatic carbocycles. The molecule has 0 aliphatic rings. The molecule has 3 heteroatoms. The molecule has 100 valence electrons. The first kappa shape index (κ1) is 13.9. The fraction of sp³-hybridized carbons (Fsp3) is 0.312. The Hall–Kier alpha value is -1.48. The van der Waals surface area contributed by atoms with Gasteiger partial charge in [-0.1, -0.05) is 37.3 Å². The number of pyridine rings is 1. The third kappa shape index (κ3) is 4.95. The number of thioether (sulfide) groups is 1. The summed E-state index contributed by atoms with van der Waals surface area (Å²) >= 11 is 1.94. The molecule has 0 bridgehead atoms. The lowest BCUT2D eigenvalue weighted by Crippen LogP contribution is -2.01. The van der Waals surface area contributed by atoms with E-state index in [0.717, 1.165) is 30.3 Å². The molecule has 2 aromatic rings. The van der Waals surface area contributed by atoms with Crippen LogP contribution in [0.1, 0.15) is 24.5 Å². The quantitative estimate of drug-likeness (QED) is 0.811. The molecule has 0 saturated carbocycles. The van der Waals surface area contributed by atoms with Crippen molar-refractivity contribution < 1.29 is 0 Å². The highest BCUT2D eigenvalue weighted by Gasteiger charge is 1.98. The lowest BCUT2D eigenvalue weighted by Gasteiger charge is -2.06. The van der Waals surface area contributed by atoms with E-state index in [1.807, 2.05) is 18.0 Å². The molecule has 2 nitrogen and oxygen atoms in total. The van der Waals surface area contributed by atoms with Gasteiger partial charge in [0.05, 0.1) is 0 Å². The summed E-state index contributed by atoms with van der Waals surface area (Å²) in [6.45, 7) is 3.14. The van der Waals surface area contributed by atoms with Crippen molar-refractivity contribution in [3.8, 4) is 0 Å². The van der Waals surface area contributed by atoms with Gasteiger partial charge >= 0.3 is 0 Å². The third-order valence-electron chi connectivity index (χ3n) is 2.76. The molecule has 0 amide bonds. The molecule has 2 rings (SSSR count). The van der Waals surface area contributed by atoms with Crippen LogP contribution < -0.4 is 5.32 Å². The summed E-state index contributed by atoms with van der Waals surface area (Å²) in [5.74, 6) is 3.07. The lowest BCUT2D eigenvalue weighted by atomic mass is 10.2. The Labute approximate surface area is 119 Å². The molecule has 1 aromatic heterocycles. The van der Waals surface area contributed by atoms with Gasteiger partial charge in [0, 0.05) is 24.2 Å². The van der Waals surface area contributed by atoms with Gasteiger partial charge in [-0.25, -0.2) is 4.98 Å². The van der Waals surface area contributed by atoms with E-state index in [1.54, 1.807) is 0 Å². The summed E-state index contributed by atoms with van der Waals surface area (Å²) in [5.41, 5.74) is 2.71. The van der Waals surface area contributed by atoms with E-state index in [1.165, 1.54) is 11.1 Å². The first-order chi connectivity index (χ1) is 9.38. The number of nitrogens with zero attached hydrogens (tertiary/aromatic N) is 1. The molecule has 0 fully saturated rings. The van der Waals surface area contributed by atoms with Crippen molar-refractivity contribution in [1.82, 2.24) is 4.98 Å². The largest absolute Gasteiger partial charge is 0.370 e. The van der Waals surface area contributed by atoms with E-state index < -0.39 is 0 Å². The molecule has 0 aliphatic carbocycles. The Balaban J connectivity index is 1.82. The van der Waals surface area contributed by atoms with Gasteiger partial charge in [0.1, 0.15) is 5.82 Å². The monoisotopic (exact) mass is 272 g/mol. The first-order valence-corrected chi connectivity index (χ1v) is 7.84. The fourth-order valence-corrected chi connectivity index (χ4v) is 2.72. The van der Waals surface area contributed by atoms with Crippen LogP contribution in [-0.4, -0.2) is 11.5 Å². The molecule has 0 atom stereocenters. The summed E-state index contributed by atoms with van der Waals surface area (Å²) < 4.78 is 0. The van der Waals surface area contributed by atoms with Crippen LogP contribution >= 0.6 is 11.8 Å². The highest BCUT2D eigenvalue weighted by Crippen LogP contribution is 2.18. The number of rotatable bonds is 7. The number of benzene rings is 1. The van der Waals surface area contributed by atoms with Gasteiger partial charge in [-0.05, 0) is 29.7 Å². The van der Waals surface area contributed by atoms with E-state index in [0.29, 0.717) is 0 Å². The highest BCUT2D eigenvalue weighted by molar-refractivity contribution is 7.97.